The van der Waals surface area contributed by atoms with Gasteiger partial charge in [0.25, 0.3) is 5.91 Å². The molecule has 1 aromatic carbocycles. The maximum Gasteiger partial charge on any atom is 0.262 e. The lowest BCUT2D eigenvalue weighted by Crippen LogP contribution is -2.38. The van der Waals surface area contributed by atoms with Crippen LogP contribution in [0.2, 0.25) is 5.02 Å². The van der Waals surface area contributed by atoms with Gasteiger partial charge in [0.15, 0.2) is 6.61 Å². The molecule has 0 fully saturated rings. The van der Waals surface area contributed by atoms with Crippen LogP contribution in [0.25, 0.3) is 0 Å². The Balaban J connectivity index is 2.37. The summed E-state index contributed by atoms with van der Waals surface area (Å²) in [6, 6.07) is 2.55. The Labute approximate surface area is 139 Å². The van der Waals surface area contributed by atoms with Crippen molar-refractivity contribution in [2.45, 2.75) is 4.90 Å². The zero-order valence-corrected chi connectivity index (χ0v) is 14.4. The Hall–Kier alpha value is -1.84. The number of carbonyl (C=O) groups excluding carboxylic acids is 2. The molecule has 2 amide bonds. The standard InChI is InChI=1S/C13H16ClN3O5S/c1-16(2)13(19)6-17(3)23(20,21)11-5-10-9(4-8(11)14)15-12(18)7-22-10/h4-5H,6-7H2,1-3H3,(H,15,18). The predicted octanol–water partition coefficient (Wildman–Crippen LogP) is 0.380. The average Bonchev–Trinajstić information content (AvgIpc) is 2.45. The molecule has 10 heteroatoms. The molecule has 1 heterocycles. The van der Waals surface area contributed by atoms with Crippen LogP contribution in [-0.4, -0.2) is 63.7 Å². The van der Waals surface area contributed by atoms with Crippen LogP contribution in [0.15, 0.2) is 17.0 Å². The summed E-state index contributed by atoms with van der Waals surface area (Å²) in [5.41, 5.74) is 0.303. The van der Waals surface area contributed by atoms with Gasteiger partial charge in [0, 0.05) is 27.2 Å². The molecule has 0 saturated heterocycles. The highest BCUT2D eigenvalue weighted by Gasteiger charge is 2.29. The number of amides is 2. The average molecular weight is 362 g/mol. The van der Waals surface area contributed by atoms with Gasteiger partial charge in [-0.3, -0.25) is 9.59 Å². The molecule has 0 unspecified atom stereocenters. The zero-order valence-electron chi connectivity index (χ0n) is 12.8. The molecule has 0 aromatic heterocycles. The van der Waals surface area contributed by atoms with Crippen LogP contribution in [0.4, 0.5) is 5.69 Å². The molecule has 0 atom stereocenters. The van der Waals surface area contributed by atoms with E-state index in [0.29, 0.717) is 5.69 Å². The van der Waals surface area contributed by atoms with Crippen molar-refractivity contribution in [3.05, 3.63) is 17.2 Å². The first-order valence-electron chi connectivity index (χ1n) is 6.55. The van der Waals surface area contributed by atoms with E-state index in [1.54, 1.807) is 0 Å². The number of rotatable bonds is 4. The topological polar surface area (TPSA) is 96.0 Å². The van der Waals surface area contributed by atoms with Gasteiger partial charge in [-0.05, 0) is 6.07 Å². The fraction of sp³-hybridized carbons (Fsp3) is 0.385. The lowest BCUT2D eigenvalue weighted by atomic mass is 10.2. The molecule has 2 rings (SSSR count). The zero-order chi connectivity index (χ0) is 17.4. The van der Waals surface area contributed by atoms with Crippen LogP contribution in [0.3, 0.4) is 0 Å². The highest BCUT2D eigenvalue weighted by Crippen LogP contribution is 2.36. The van der Waals surface area contributed by atoms with Crippen LogP contribution in [0.5, 0.6) is 5.75 Å². The van der Waals surface area contributed by atoms with Crippen molar-refractivity contribution >= 4 is 39.1 Å². The number of hydrogen-bond acceptors (Lipinski definition) is 5. The summed E-state index contributed by atoms with van der Waals surface area (Å²) in [7, 11) is 0.369. The van der Waals surface area contributed by atoms with Gasteiger partial charge >= 0.3 is 0 Å². The van der Waals surface area contributed by atoms with E-state index in [4.69, 9.17) is 16.3 Å². The largest absolute Gasteiger partial charge is 0.482 e. The number of fused-ring (bicyclic) bond motifs is 1. The fourth-order valence-electron chi connectivity index (χ4n) is 1.86. The first-order chi connectivity index (χ1) is 10.6. The molecular weight excluding hydrogens is 346 g/mol. The van der Waals surface area contributed by atoms with E-state index in [1.807, 2.05) is 0 Å². The Kier molecular flexibility index (Phi) is 4.83. The molecule has 1 aliphatic rings. The van der Waals surface area contributed by atoms with Crippen LogP contribution in [-0.2, 0) is 19.6 Å². The van der Waals surface area contributed by atoms with Crippen LogP contribution in [0, 0.1) is 0 Å². The number of halogens is 1. The minimum atomic E-state index is -3.98. The number of likely N-dealkylation sites (N-methyl/N-ethyl adjacent to an activating group) is 2. The van der Waals surface area contributed by atoms with Gasteiger partial charge in [-0.1, -0.05) is 11.6 Å². The lowest BCUT2D eigenvalue weighted by molar-refractivity contribution is -0.128. The van der Waals surface area contributed by atoms with Crippen molar-refractivity contribution in [3.8, 4) is 5.75 Å². The van der Waals surface area contributed by atoms with Gasteiger partial charge in [0.2, 0.25) is 15.9 Å². The number of sulfonamides is 1. The molecule has 1 N–H and O–H groups in total. The molecule has 1 aromatic rings. The van der Waals surface area contributed by atoms with Gasteiger partial charge in [-0.15, -0.1) is 0 Å². The van der Waals surface area contributed by atoms with E-state index in [2.05, 4.69) is 5.32 Å². The van der Waals surface area contributed by atoms with Crippen molar-refractivity contribution in [1.82, 2.24) is 9.21 Å². The molecule has 0 aliphatic carbocycles. The number of anilines is 1. The van der Waals surface area contributed by atoms with Gasteiger partial charge in [0.1, 0.15) is 10.6 Å². The van der Waals surface area contributed by atoms with E-state index < -0.39 is 10.0 Å². The number of hydrogen-bond donors (Lipinski definition) is 1. The van der Waals surface area contributed by atoms with Gasteiger partial charge in [-0.25, -0.2) is 8.42 Å². The highest BCUT2D eigenvalue weighted by atomic mass is 35.5. The van der Waals surface area contributed by atoms with Crippen LogP contribution in [0.1, 0.15) is 0 Å². The molecular formula is C13H16ClN3O5S. The van der Waals surface area contributed by atoms with Crippen molar-refractivity contribution in [3.63, 3.8) is 0 Å². The number of carbonyl (C=O) groups is 2. The summed E-state index contributed by atoms with van der Waals surface area (Å²) in [5.74, 6) is -0.508. The third-order valence-corrected chi connectivity index (χ3v) is 5.48. The van der Waals surface area contributed by atoms with E-state index in [-0.39, 0.29) is 40.6 Å². The van der Waals surface area contributed by atoms with Crippen molar-refractivity contribution < 1.29 is 22.7 Å². The summed E-state index contributed by atoms with van der Waals surface area (Å²) < 4.78 is 31.3. The monoisotopic (exact) mass is 361 g/mol. The Morgan fingerprint density at radius 1 is 1.35 bits per heavy atom. The third-order valence-electron chi connectivity index (χ3n) is 3.21. The first-order valence-corrected chi connectivity index (χ1v) is 8.37. The van der Waals surface area contributed by atoms with E-state index in [1.165, 1.54) is 38.2 Å². The van der Waals surface area contributed by atoms with Gasteiger partial charge < -0.3 is 15.0 Å². The third kappa shape index (κ3) is 3.57. The molecule has 0 bridgehead atoms. The molecule has 23 heavy (non-hydrogen) atoms. The summed E-state index contributed by atoms with van der Waals surface area (Å²) in [6.07, 6.45) is 0. The molecule has 126 valence electrons. The Morgan fingerprint density at radius 3 is 2.61 bits per heavy atom. The highest BCUT2D eigenvalue weighted by molar-refractivity contribution is 7.89. The predicted molar refractivity (Wildman–Crippen MR) is 84.1 cm³/mol. The van der Waals surface area contributed by atoms with E-state index in [0.717, 1.165) is 4.31 Å². The summed E-state index contributed by atoms with van der Waals surface area (Å²) in [4.78, 5) is 24.1. The number of nitrogens with one attached hydrogen (secondary N) is 1. The second kappa shape index (κ2) is 6.34. The van der Waals surface area contributed by atoms with Crippen molar-refractivity contribution in [2.24, 2.45) is 0 Å². The second-order valence-corrected chi connectivity index (χ2v) is 7.59. The maximum atomic E-state index is 12.6. The second-order valence-electron chi connectivity index (χ2n) is 5.16. The van der Waals surface area contributed by atoms with E-state index in [9.17, 15) is 18.0 Å². The van der Waals surface area contributed by atoms with Crippen molar-refractivity contribution in [1.29, 1.82) is 0 Å². The Bertz CT molecular complexity index is 763. The summed E-state index contributed by atoms with van der Waals surface area (Å²) in [6.45, 7) is -0.524. The first kappa shape index (κ1) is 17.5. The molecule has 0 radical (unpaired) electrons. The lowest BCUT2D eigenvalue weighted by Gasteiger charge is -2.22. The summed E-state index contributed by atoms with van der Waals surface area (Å²) in [5, 5.41) is 2.47. The summed E-state index contributed by atoms with van der Waals surface area (Å²) >= 11 is 6.03. The van der Waals surface area contributed by atoms with Crippen LogP contribution >= 0.6 is 11.6 Å². The smallest absolute Gasteiger partial charge is 0.262 e. The van der Waals surface area contributed by atoms with Gasteiger partial charge in [0.05, 0.1) is 17.3 Å². The fourth-order valence-corrected chi connectivity index (χ4v) is 3.50. The molecule has 1 aliphatic heterocycles. The molecule has 0 spiro atoms. The Morgan fingerprint density at radius 2 is 2.00 bits per heavy atom. The van der Waals surface area contributed by atoms with Crippen molar-refractivity contribution in [2.75, 3.05) is 39.6 Å². The number of nitrogens with zero attached hydrogens (tertiary/aromatic N) is 2. The molecule has 0 saturated carbocycles. The SMILES string of the molecule is CN(C)C(=O)CN(C)S(=O)(=O)c1cc2c(cc1Cl)NC(=O)CO2. The maximum absolute atomic E-state index is 12.6. The molecule has 8 nitrogen and oxygen atoms in total. The minimum absolute atomic E-state index is 0.0706. The van der Waals surface area contributed by atoms with Crippen LogP contribution < -0.4 is 10.1 Å². The minimum Gasteiger partial charge on any atom is -0.482 e. The quantitative estimate of drug-likeness (QED) is 0.836. The number of benzene rings is 1. The number of ether oxygens (including phenoxy) is 1. The van der Waals surface area contributed by atoms with Gasteiger partial charge in [-0.2, -0.15) is 4.31 Å². The normalized spacial score (nSPS) is 14.0. The van der Waals surface area contributed by atoms with E-state index >= 15 is 0 Å².